The predicted octanol–water partition coefficient (Wildman–Crippen LogP) is 3.47. The molecule has 28 heavy (non-hydrogen) atoms. The predicted molar refractivity (Wildman–Crippen MR) is 115 cm³/mol. The van der Waals surface area contributed by atoms with Gasteiger partial charge in [0.15, 0.2) is 0 Å². The third kappa shape index (κ3) is 6.12. The Kier molecular flexibility index (Phi) is 9.26. The number of carbonyl (C=O) groups excluding carboxylic acids is 1. The number of rotatable bonds is 6. The highest BCUT2D eigenvalue weighted by molar-refractivity contribution is 7.59. The smallest absolute Gasteiger partial charge is 0.234 e. The molecule has 1 saturated heterocycles. The van der Waals surface area contributed by atoms with Crippen LogP contribution in [0.3, 0.4) is 0 Å². The molecule has 154 valence electrons. The van der Waals surface area contributed by atoms with E-state index in [1.165, 1.54) is 18.2 Å². The number of ether oxygens (including phenoxy) is 1. The Hall–Kier alpha value is -1.77. The second-order valence-corrected chi connectivity index (χ2v) is 6.86. The first-order valence-corrected chi connectivity index (χ1v) is 8.61. The molecule has 0 spiro atoms. The Morgan fingerprint density at radius 3 is 2.61 bits per heavy atom. The van der Waals surface area contributed by atoms with Crippen LogP contribution in [0.4, 0.5) is 8.78 Å². The van der Waals surface area contributed by atoms with Gasteiger partial charge < -0.3 is 10.5 Å². The van der Waals surface area contributed by atoms with Gasteiger partial charge in [-0.2, -0.15) is 27.0 Å². The van der Waals surface area contributed by atoms with Gasteiger partial charge in [0.25, 0.3) is 0 Å². The maximum absolute atomic E-state index is 14.4. The van der Waals surface area contributed by atoms with Crippen molar-refractivity contribution in [1.29, 1.82) is 0 Å². The molecule has 1 aliphatic rings. The average Bonchev–Trinajstić information content (AvgIpc) is 2.96. The Labute approximate surface area is 177 Å². The van der Waals surface area contributed by atoms with Gasteiger partial charge >= 0.3 is 0 Å². The van der Waals surface area contributed by atoms with Crippen molar-refractivity contribution in [1.82, 2.24) is 4.90 Å². The summed E-state index contributed by atoms with van der Waals surface area (Å²) in [5, 5.41) is 0. The fourth-order valence-corrected chi connectivity index (χ4v) is 3.36. The van der Waals surface area contributed by atoms with Crippen LogP contribution in [-0.4, -0.2) is 23.4 Å². The zero-order chi connectivity index (χ0) is 18.7. The number of nitrogens with two attached hydrogens (primary N) is 1. The van der Waals surface area contributed by atoms with Crippen LogP contribution in [0.15, 0.2) is 42.5 Å². The largest absolute Gasteiger partial charge is 0.489 e. The van der Waals surface area contributed by atoms with E-state index >= 15 is 0 Å². The van der Waals surface area contributed by atoms with Crippen molar-refractivity contribution < 1.29 is 18.3 Å². The van der Waals surface area contributed by atoms with Crippen molar-refractivity contribution in [2.45, 2.75) is 32.5 Å². The maximum Gasteiger partial charge on any atom is 0.234 e. The van der Waals surface area contributed by atoms with Crippen molar-refractivity contribution in [3.05, 3.63) is 65.2 Å². The zero-order valence-electron chi connectivity index (χ0n) is 15.6. The standard InChI is InChI=1S/C20H22F2N2O2.2H2S/c1-13-7-19(20(23)25)24(10-13)11-15-5-6-17(9-18(15)22)26-12-14-3-2-4-16(21)8-14;;/h2-6,8-9,13,19H,7,10-12H2,1H3,(H2,23,25);2*1H2/t13-,19-;;/m0../s1. The summed E-state index contributed by atoms with van der Waals surface area (Å²) in [5.41, 5.74) is 6.61. The molecule has 0 bridgehead atoms. The highest BCUT2D eigenvalue weighted by atomic mass is 32.1. The van der Waals surface area contributed by atoms with Crippen LogP contribution in [0, 0.1) is 17.6 Å². The Morgan fingerprint density at radius 2 is 1.96 bits per heavy atom. The maximum atomic E-state index is 14.4. The fraction of sp³-hybridized carbons (Fsp3) is 0.350. The zero-order valence-corrected chi connectivity index (χ0v) is 17.6. The molecule has 0 aromatic heterocycles. The molecular weight excluding hydrogens is 402 g/mol. The molecule has 1 heterocycles. The molecule has 8 heteroatoms. The van der Waals surface area contributed by atoms with Gasteiger partial charge in [-0.25, -0.2) is 8.78 Å². The topological polar surface area (TPSA) is 55.6 Å². The van der Waals surface area contributed by atoms with Crippen molar-refractivity contribution in [3.63, 3.8) is 0 Å². The average molecular weight is 429 g/mol. The number of primary amides is 1. The van der Waals surface area contributed by atoms with E-state index in [4.69, 9.17) is 10.5 Å². The highest BCUT2D eigenvalue weighted by Crippen LogP contribution is 2.26. The van der Waals surface area contributed by atoms with E-state index in [1.807, 2.05) is 4.90 Å². The monoisotopic (exact) mass is 428 g/mol. The second kappa shape index (κ2) is 10.7. The second-order valence-electron chi connectivity index (χ2n) is 6.86. The molecule has 1 fully saturated rings. The first-order chi connectivity index (χ1) is 12.4. The summed E-state index contributed by atoms with van der Waals surface area (Å²) in [5.74, 6) is -0.382. The van der Waals surface area contributed by atoms with E-state index < -0.39 is 5.82 Å². The van der Waals surface area contributed by atoms with E-state index in [9.17, 15) is 13.6 Å². The van der Waals surface area contributed by atoms with E-state index in [2.05, 4.69) is 6.92 Å². The summed E-state index contributed by atoms with van der Waals surface area (Å²) in [6.45, 7) is 3.25. The summed E-state index contributed by atoms with van der Waals surface area (Å²) in [6, 6.07) is 10.4. The molecular formula is C20H26F2N2O2S2. The van der Waals surface area contributed by atoms with Crippen molar-refractivity contribution in [3.8, 4) is 5.75 Å². The third-order valence-corrected chi connectivity index (χ3v) is 4.63. The molecule has 1 aliphatic heterocycles. The lowest BCUT2D eigenvalue weighted by atomic mass is 10.1. The van der Waals surface area contributed by atoms with E-state index in [-0.39, 0.29) is 51.4 Å². The van der Waals surface area contributed by atoms with Crippen LogP contribution in [0.1, 0.15) is 24.5 Å². The van der Waals surface area contributed by atoms with Crippen LogP contribution < -0.4 is 10.5 Å². The highest BCUT2D eigenvalue weighted by Gasteiger charge is 2.33. The van der Waals surface area contributed by atoms with Gasteiger partial charge in [0.05, 0.1) is 6.04 Å². The molecule has 2 N–H and O–H groups in total. The number of amides is 1. The summed E-state index contributed by atoms with van der Waals surface area (Å²) < 4.78 is 33.1. The fourth-order valence-electron chi connectivity index (χ4n) is 3.36. The number of halogens is 2. The first-order valence-electron chi connectivity index (χ1n) is 8.61. The molecule has 1 amide bonds. The third-order valence-electron chi connectivity index (χ3n) is 4.63. The number of nitrogens with zero attached hydrogens (tertiary/aromatic N) is 1. The lowest BCUT2D eigenvalue weighted by Crippen LogP contribution is -2.39. The van der Waals surface area contributed by atoms with E-state index in [0.717, 1.165) is 0 Å². The van der Waals surface area contributed by atoms with E-state index in [1.54, 1.807) is 24.3 Å². The Balaban J connectivity index is 0.00000196. The van der Waals surface area contributed by atoms with E-state index in [0.29, 0.717) is 42.3 Å². The quantitative estimate of drug-likeness (QED) is 0.767. The van der Waals surface area contributed by atoms with Crippen LogP contribution in [0.25, 0.3) is 0 Å². The molecule has 2 aromatic carbocycles. The number of benzene rings is 2. The number of hydrogen-bond donors (Lipinski definition) is 1. The summed E-state index contributed by atoms with van der Waals surface area (Å²) >= 11 is 0. The molecule has 0 radical (unpaired) electrons. The van der Waals surface area contributed by atoms with Crippen molar-refractivity contribution in [2.75, 3.05) is 6.54 Å². The summed E-state index contributed by atoms with van der Waals surface area (Å²) in [4.78, 5) is 13.5. The number of carbonyl (C=O) groups is 1. The van der Waals surface area contributed by atoms with Crippen molar-refractivity contribution >= 4 is 32.9 Å². The van der Waals surface area contributed by atoms with Crippen LogP contribution >= 0.6 is 27.0 Å². The van der Waals surface area contributed by atoms with Crippen molar-refractivity contribution in [2.24, 2.45) is 11.7 Å². The molecule has 0 aliphatic carbocycles. The molecule has 3 rings (SSSR count). The molecule has 2 aromatic rings. The molecule has 0 unspecified atom stereocenters. The SMILES string of the molecule is C[C@H]1C[C@@H](C(N)=O)N(Cc2ccc(OCc3cccc(F)c3)cc2F)C1.S.S. The van der Waals surface area contributed by atoms with Gasteiger partial charge in [0.2, 0.25) is 5.91 Å². The van der Waals surface area contributed by atoms with Crippen LogP contribution in [-0.2, 0) is 17.9 Å². The normalized spacial score (nSPS) is 18.8. The van der Waals surface area contributed by atoms with Gasteiger partial charge in [-0.1, -0.05) is 25.1 Å². The van der Waals surface area contributed by atoms with Gasteiger partial charge in [0.1, 0.15) is 24.0 Å². The minimum absolute atomic E-state index is 0. The lowest BCUT2D eigenvalue weighted by Gasteiger charge is -2.22. The lowest BCUT2D eigenvalue weighted by molar-refractivity contribution is -0.122. The minimum atomic E-state index is -0.399. The van der Waals surface area contributed by atoms with Gasteiger partial charge in [-0.05, 0) is 36.1 Å². The summed E-state index contributed by atoms with van der Waals surface area (Å²) in [6.07, 6.45) is 0.700. The van der Waals surface area contributed by atoms with Gasteiger partial charge in [0, 0.05) is 24.7 Å². The molecule has 4 nitrogen and oxygen atoms in total. The summed E-state index contributed by atoms with van der Waals surface area (Å²) in [7, 11) is 0. The van der Waals surface area contributed by atoms with Crippen LogP contribution in [0.2, 0.25) is 0 Å². The minimum Gasteiger partial charge on any atom is -0.489 e. The first kappa shape index (κ1) is 24.3. The Bertz CT molecular complexity index is 808. The number of likely N-dealkylation sites (tertiary alicyclic amines) is 1. The molecule has 2 atom stereocenters. The molecule has 0 saturated carbocycles. The van der Waals surface area contributed by atoms with Crippen LogP contribution in [0.5, 0.6) is 5.75 Å². The number of hydrogen-bond acceptors (Lipinski definition) is 3. The Morgan fingerprint density at radius 1 is 1.21 bits per heavy atom. The van der Waals surface area contributed by atoms with Gasteiger partial charge in [-0.3, -0.25) is 9.69 Å². The van der Waals surface area contributed by atoms with Gasteiger partial charge in [-0.15, -0.1) is 0 Å².